The van der Waals surface area contributed by atoms with E-state index in [0.717, 1.165) is 6.08 Å². The van der Waals surface area contributed by atoms with Crippen molar-refractivity contribution in [1.29, 1.82) is 0 Å². The molecule has 0 heterocycles. The van der Waals surface area contributed by atoms with Crippen LogP contribution in [-0.2, 0) is 14.4 Å². The van der Waals surface area contributed by atoms with Gasteiger partial charge in [-0.15, -0.1) is 0 Å². The molecular formula is C22H28F2O6. The molecule has 0 radical (unpaired) electrons. The van der Waals surface area contributed by atoms with Gasteiger partial charge in [-0.05, 0) is 36.3 Å². The van der Waals surface area contributed by atoms with Crippen molar-refractivity contribution < 1.29 is 38.5 Å². The number of aliphatic hydroxyl groups excluding tert-OH is 2. The Morgan fingerprint density at radius 3 is 2.50 bits per heavy atom. The second-order valence-corrected chi connectivity index (χ2v) is 10.2. The van der Waals surface area contributed by atoms with Crippen molar-refractivity contribution in [1.82, 2.24) is 0 Å². The van der Waals surface area contributed by atoms with E-state index in [1.807, 2.05) is 0 Å². The third-order valence-electron chi connectivity index (χ3n) is 9.02. The zero-order valence-electron chi connectivity index (χ0n) is 17.3. The first-order valence-corrected chi connectivity index (χ1v) is 10.5. The zero-order valence-corrected chi connectivity index (χ0v) is 17.3. The highest BCUT2D eigenvalue weighted by Gasteiger charge is 2.78. The zero-order chi connectivity index (χ0) is 22.4. The van der Waals surface area contributed by atoms with Gasteiger partial charge in [-0.25, -0.2) is 8.78 Å². The minimum Gasteiger partial charge on any atom is -0.390 e. The number of alkyl halides is 2. The van der Waals surface area contributed by atoms with E-state index in [1.54, 1.807) is 6.92 Å². The van der Waals surface area contributed by atoms with E-state index in [1.165, 1.54) is 13.8 Å². The van der Waals surface area contributed by atoms with Gasteiger partial charge in [0.15, 0.2) is 29.7 Å². The highest BCUT2D eigenvalue weighted by Crippen LogP contribution is 2.70. The lowest BCUT2D eigenvalue weighted by Gasteiger charge is -2.62. The summed E-state index contributed by atoms with van der Waals surface area (Å²) in [5.41, 5.74) is -7.70. The van der Waals surface area contributed by atoms with Crippen molar-refractivity contribution in [3.8, 4) is 0 Å². The molecule has 6 nitrogen and oxygen atoms in total. The summed E-state index contributed by atoms with van der Waals surface area (Å²) in [6.07, 6.45) is -2.50. The van der Waals surface area contributed by atoms with Gasteiger partial charge >= 0.3 is 0 Å². The van der Waals surface area contributed by atoms with Gasteiger partial charge < -0.3 is 15.3 Å². The molecular weight excluding hydrogens is 398 g/mol. The molecule has 4 rings (SSSR count). The molecule has 0 aromatic carbocycles. The molecule has 0 unspecified atom stereocenters. The van der Waals surface area contributed by atoms with Crippen LogP contribution >= 0.6 is 0 Å². The number of halogens is 2. The van der Waals surface area contributed by atoms with E-state index in [-0.39, 0.29) is 30.6 Å². The third kappa shape index (κ3) is 2.15. The third-order valence-corrected chi connectivity index (χ3v) is 9.02. The summed E-state index contributed by atoms with van der Waals surface area (Å²) in [5, 5.41) is 33.1. The molecule has 0 saturated heterocycles. The summed E-state index contributed by atoms with van der Waals surface area (Å²) in [7, 11) is 0. The standard InChI is InChI=1S/C22H28F2O6/c1-10-6-12-16-18(29)17(28)13-7-11(25)4-5-19(13,2)21(16,24)14(26)8-20(12,3)22(10,30)15(27)9-23/h7,10,12,16-18,28-30H,4-6,8-9H2,1-3H3/t10-,12-,16+,17-,18+,19-,20-,21+,22-/m0/s1. The number of aliphatic hydroxyl groups is 3. The van der Waals surface area contributed by atoms with Crippen LogP contribution in [0.15, 0.2) is 11.6 Å². The van der Waals surface area contributed by atoms with Gasteiger partial charge in [0.05, 0.1) is 6.10 Å². The average Bonchev–Trinajstić information content (AvgIpc) is 2.89. The normalized spacial score (nSPS) is 52.9. The smallest absolute Gasteiger partial charge is 0.196 e. The first-order valence-electron chi connectivity index (χ1n) is 10.5. The lowest BCUT2D eigenvalue weighted by atomic mass is 9.43. The van der Waals surface area contributed by atoms with Crippen molar-refractivity contribution in [2.24, 2.45) is 28.6 Å². The molecule has 4 aliphatic rings. The second kappa shape index (κ2) is 6.26. The van der Waals surface area contributed by atoms with Crippen LogP contribution in [0.4, 0.5) is 8.78 Å². The molecule has 30 heavy (non-hydrogen) atoms. The topological polar surface area (TPSA) is 112 Å². The molecule has 0 spiro atoms. The Hall–Kier alpha value is -1.51. The Labute approximate surface area is 173 Å². The fourth-order valence-electron chi connectivity index (χ4n) is 7.34. The lowest BCUT2D eigenvalue weighted by Crippen LogP contribution is -2.73. The van der Waals surface area contributed by atoms with Crippen LogP contribution in [0.1, 0.15) is 46.5 Å². The van der Waals surface area contributed by atoms with Gasteiger partial charge in [-0.1, -0.05) is 20.8 Å². The minimum atomic E-state index is -2.58. The first-order chi connectivity index (χ1) is 13.8. The number of carbonyl (C=O) groups is 3. The van der Waals surface area contributed by atoms with Gasteiger partial charge in [-0.2, -0.15) is 0 Å². The quantitative estimate of drug-likeness (QED) is 0.613. The average molecular weight is 426 g/mol. The minimum absolute atomic E-state index is 0.00680. The number of fused-ring (bicyclic) bond motifs is 5. The van der Waals surface area contributed by atoms with E-state index in [2.05, 4.69) is 0 Å². The fraction of sp³-hybridized carbons (Fsp3) is 0.773. The summed E-state index contributed by atoms with van der Waals surface area (Å²) in [4.78, 5) is 37.8. The molecule has 0 aliphatic heterocycles. The molecule has 166 valence electrons. The van der Waals surface area contributed by atoms with Crippen LogP contribution in [0.25, 0.3) is 0 Å². The van der Waals surface area contributed by atoms with Gasteiger partial charge in [0.2, 0.25) is 0 Å². The van der Waals surface area contributed by atoms with Gasteiger partial charge in [0.1, 0.15) is 11.7 Å². The Morgan fingerprint density at radius 2 is 1.90 bits per heavy atom. The Kier molecular flexibility index (Phi) is 4.53. The summed E-state index contributed by atoms with van der Waals surface area (Å²) >= 11 is 0. The lowest BCUT2D eigenvalue weighted by molar-refractivity contribution is -0.217. The van der Waals surface area contributed by atoms with E-state index in [4.69, 9.17) is 0 Å². The van der Waals surface area contributed by atoms with E-state index in [9.17, 15) is 34.1 Å². The van der Waals surface area contributed by atoms with Gasteiger partial charge in [0.25, 0.3) is 0 Å². The van der Waals surface area contributed by atoms with E-state index >= 15 is 4.39 Å². The van der Waals surface area contributed by atoms with E-state index in [0.29, 0.717) is 0 Å². The highest BCUT2D eigenvalue weighted by atomic mass is 19.1. The molecule has 3 fully saturated rings. The maximum Gasteiger partial charge on any atom is 0.196 e. The number of Topliss-reactive ketones (excluding diaryl/α,β-unsaturated/α-hetero) is 2. The van der Waals surface area contributed by atoms with Crippen LogP contribution in [0.3, 0.4) is 0 Å². The molecule has 0 amide bonds. The van der Waals surface area contributed by atoms with E-state index < -0.39 is 76.7 Å². The number of rotatable bonds is 2. The Morgan fingerprint density at radius 1 is 1.27 bits per heavy atom. The second-order valence-electron chi connectivity index (χ2n) is 10.2. The van der Waals surface area contributed by atoms with Crippen molar-refractivity contribution in [3.05, 3.63) is 11.6 Å². The number of carbonyl (C=O) groups excluding carboxylic acids is 3. The van der Waals surface area contributed by atoms with Crippen LogP contribution in [0, 0.1) is 28.6 Å². The predicted octanol–water partition coefficient (Wildman–Crippen LogP) is 1.25. The highest BCUT2D eigenvalue weighted by molar-refractivity contribution is 5.97. The Balaban J connectivity index is 1.92. The summed E-state index contributed by atoms with van der Waals surface area (Å²) in [6.45, 7) is 3.11. The molecule has 0 bridgehead atoms. The predicted molar refractivity (Wildman–Crippen MR) is 101 cm³/mol. The SMILES string of the molecule is C[C@H]1C[C@H]2[C@@H]3[C@@H](O)[C@@H](O)C4=CC(=O)CC[C@]4(C)[C@@]3(F)C(=O)C[C@]2(C)[C@@]1(O)C(=O)CF. The summed E-state index contributed by atoms with van der Waals surface area (Å²) in [5.74, 6) is -5.23. The Bertz CT molecular complexity index is 872. The molecule has 0 aromatic heterocycles. The fourth-order valence-corrected chi connectivity index (χ4v) is 7.34. The molecule has 4 aliphatic carbocycles. The maximum atomic E-state index is 16.9. The summed E-state index contributed by atoms with van der Waals surface area (Å²) < 4.78 is 30.3. The van der Waals surface area contributed by atoms with Crippen molar-refractivity contribution in [2.75, 3.05) is 6.67 Å². The summed E-state index contributed by atoms with van der Waals surface area (Å²) in [6, 6.07) is 0. The first kappa shape index (κ1) is 21.7. The van der Waals surface area contributed by atoms with Gasteiger partial charge in [-0.3, -0.25) is 14.4 Å². The molecule has 3 N–H and O–H groups in total. The maximum absolute atomic E-state index is 16.9. The molecule has 0 aromatic rings. The van der Waals surface area contributed by atoms with Crippen molar-refractivity contribution in [3.63, 3.8) is 0 Å². The van der Waals surface area contributed by atoms with Gasteiger partial charge in [0, 0.05) is 29.6 Å². The largest absolute Gasteiger partial charge is 0.390 e. The van der Waals surface area contributed by atoms with Crippen LogP contribution in [0.5, 0.6) is 0 Å². The molecule has 3 saturated carbocycles. The number of hydrogen-bond donors (Lipinski definition) is 3. The van der Waals surface area contributed by atoms with Crippen LogP contribution < -0.4 is 0 Å². The molecule has 9 atom stereocenters. The monoisotopic (exact) mass is 426 g/mol. The van der Waals surface area contributed by atoms with Crippen LogP contribution in [0.2, 0.25) is 0 Å². The van der Waals surface area contributed by atoms with Crippen molar-refractivity contribution in [2.45, 2.75) is 69.9 Å². The van der Waals surface area contributed by atoms with Crippen LogP contribution in [-0.4, -0.2) is 62.8 Å². The van der Waals surface area contributed by atoms with Crippen molar-refractivity contribution >= 4 is 17.3 Å². The molecule has 8 heteroatoms. The number of ketones is 3. The number of hydrogen-bond acceptors (Lipinski definition) is 6.